The molecule has 3 amide bonds. The lowest BCUT2D eigenvalue weighted by atomic mass is 10.2. The van der Waals surface area contributed by atoms with Crippen LogP contribution in [0.1, 0.15) is 26.7 Å². The second-order valence-electron chi connectivity index (χ2n) is 5.72. The summed E-state index contributed by atoms with van der Waals surface area (Å²) in [6.07, 6.45) is 0.586. The second kappa shape index (κ2) is 11.5. The van der Waals surface area contributed by atoms with Gasteiger partial charge in [0.1, 0.15) is 5.75 Å². The lowest BCUT2D eigenvalue weighted by molar-refractivity contribution is -0.148. The fraction of sp³-hybridized carbons (Fsp3) is 0.471. The van der Waals surface area contributed by atoms with Gasteiger partial charge < -0.3 is 14.8 Å². The Morgan fingerprint density at radius 2 is 2.00 bits per heavy atom. The lowest BCUT2D eigenvalue weighted by Gasteiger charge is -2.09. The molecule has 0 aliphatic heterocycles. The highest BCUT2D eigenvalue weighted by Crippen LogP contribution is 2.17. The molecule has 1 rings (SSSR count). The quantitative estimate of drug-likeness (QED) is 0.478. The van der Waals surface area contributed by atoms with Gasteiger partial charge in [-0.1, -0.05) is 35.8 Å². The topological polar surface area (TPSA) is 93.7 Å². The van der Waals surface area contributed by atoms with Crippen LogP contribution in [0.15, 0.2) is 28.7 Å². The van der Waals surface area contributed by atoms with Gasteiger partial charge in [0.05, 0.1) is 6.61 Å². The van der Waals surface area contributed by atoms with Crippen molar-refractivity contribution in [3.8, 4) is 5.75 Å². The average molecular weight is 415 g/mol. The maximum absolute atomic E-state index is 11.5. The number of carbonyl (C=O) groups is 3. The number of hydrogen-bond donors (Lipinski definition) is 2. The van der Waals surface area contributed by atoms with E-state index >= 15 is 0 Å². The lowest BCUT2D eigenvalue weighted by Crippen LogP contribution is -2.42. The molecule has 1 aromatic rings. The van der Waals surface area contributed by atoms with Gasteiger partial charge in [-0.2, -0.15) is 0 Å². The van der Waals surface area contributed by atoms with E-state index in [9.17, 15) is 14.4 Å². The average Bonchev–Trinajstić information content (AvgIpc) is 2.55. The van der Waals surface area contributed by atoms with E-state index in [2.05, 4.69) is 26.6 Å². The number of rotatable bonds is 9. The van der Waals surface area contributed by atoms with Crippen molar-refractivity contribution in [2.24, 2.45) is 5.92 Å². The highest BCUT2D eigenvalue weighted by molar-refractivity contribution is 9.10. The van der Waals surface area contributed by atoms with Crippen LogP contribution in [-0.2, 0) is 14.3 Å². The number of carbonyl (C=O) groups excluding carboxylic acids is 3. The van der Waals surface area contributed by atoms with Gasteiger partial charge in [0.25, 0.3) is 5.91 Å². The van der Waals surface area contributed by atoms with Crippen molar-refractivity contribution in [3.05, 3.63) is 28.7 Å². The number of hydrogen-bond acceptors (Lipinski definition) is 5. The molecule has 7 nitrogen and oxygen atoms in total. The van der Waals surface area contributed by atoms with Gasteiger partial charge in [-0.25, -0.2) is 4.79 Å². The third-order valence-electron chi connectivity index (χ3n) is 2.88. The van der Waals surface area contributed by atoms with E-state index in [1.54, 1.807) is 0 Å². The zero-order valence-electron chi connectivity index (χ0n) is 14.3. The second-order valence-corrected chi connectivity index (χ2v) is 6.64. The molecular formula is C17H23BrN2O5. The summed E-state index contributed by atoms with van der Waals surface area (Å²) in [5, 5.41) is 4.62. The summed E-state index contributed by atoms with van der Waals surface area (Å²) in [7, 11) is 0. The van der Waals surface area contributed by atoms with Gasteiger partial charge >= 0.3 is 12.0 Å². The number of nitrogens with one attached hydrogen (secondary N) is 2. The van der Waals surface area contributed by atoms with E-state index < -0.39 is 24.5 Å². The highest BCUT2D eigenvalue weighted by atomic mass is 79.9. The van der Waals surface area contributed by atoms with Crippen molar-refractivity contribution >= 4 is 33.8 Å². The van der Waals surface area contributed by atoms with Gasteiger partial charge in [-0.15, -0.1) is 0 Å². The van der Waals surface area contributed by atoms with E-state index in [0.29, 0.717) is 25.3 Å². The van der Waals surface area contributed by atoms with Crippen LogP contribution in [0, 0.1) is 5.92 Å². The number of imide groups is 1. The Hall–Kier alpha value is -2.09. The van der Waals surface area contributed by atoms with Gasteiger partial charge in [0, 0.05) is 17.4 Å². The van der Waals surface area contributed by atoms with Crippen LogP contribution in [0.25, 0.3) is 0 Å². The molecule has 0 aromatic heterocycles. The fourth-order valence-electron chi connectivity index (χ4n) is 1.69. The minimum absolute atomic E-state index is 0.126. The summed E-state index contributed by atoms with van der Waals surface area (Å²) in [5.41, 5.74) is 0. The number of urea groups is 1. The Morgan fingerprint density at radius 1 is 1.24 bits per heavy atom. The normalized spacial score (nSPS) is 10.2. The number of esters is 1. The number of amides is 3. The molecule has 2 N–H and O–H groups in total. The van der Waals surface area contributed by atoms with Crippen molar-refractivity contribution in [3.63, 3.8) is 0 Å². The van der Waals surface area contributed by atoms with E-state index in [0.717, 1.165) is 4.47 Å². The predicted molar refractivity (Wildman–Crippen MR) is 96.2 cm³/mol. The first-order valence-electron chi connectivity index (χ1n) is 7.98. The molecule has 0 unspecified atom stereocenters. The maximum Gasteiger partial charge on any atom is 0.321 e. The SMILES string of the molecule is CC(C)CNC(=O)NC(=O)COC(=O)CCCOc1cccc(Br)c1. The molecule has 0 atom stereocenters. The van der Waals surface area contributed by atoms with Crippen LogP contribution in [0.3, 0.4) is 0 Å². The Balaban J connectivity index is 2.11. The predicted octanol–water partition coefficient (Wildman–Crippen LogP) is 2.63. The molecule has 0 aliphatic rings. The zero-order chi connectivity index (χ0) is 18.7. The van der Waals surface area contributed by atoms with Gasteiger partial charge in [0.2, 0.25) is 0 Å². The van der Waals surface area contributed by atoms with Crippen molar-refractivity contribution in [2.75, 3.05) is 19.8 Å². The van der Waals surface area contributed by atoms with Gasteiger partial charge in [0.15, 0.2) is 6.61 Å². The van der Waals surface area contributed by atoms with E-state index in [-0.39, 0.29) is 12.3 Å². The fourth-order valence-corrected chi connectivity index (χ4v) is 2.06. The van der Waals surface area contributed by atoms with Crippen LogP contribution in [-0.4, -0.2) is 37.7 Å². The molecule has 1 aromatic carbocycles. The molecule has 0 radical (unpaired) electrons. The standard InChI is InChI=1S/C17H23BrN2O5/c1-12(2)10-19-17(23)20-15(21)11-25-16(22)7-4-8-24-14-6-3-5-13(18)9-14/h3,5-6,9,12H,4,7-8,10-11H2,1-2H3,(H2,19,20,21,23). The summed E-state index contributed by atoms with van der Waals surface area (Å²) < 4.78 is 11.2. The van der Waals surface area contributed by atoms with Crippen molar-refractivity contribution in [1.82, 2.24) is 10.6 Å². The van der Waals surface area contributed by atoms with Crippen LogP contribution < -0.4 is 15.4 Å². The molecule has 0 bridgehead atoms. The number of benzene rings is 1. The largest absolute Gasteiger partial charge is 0.494 e. The summed E-state index contributed by atoms with van der Waals surface area (Å²) in [6.45, 7) is 4.20. The van der Waals surface area contributed by atoms with Gasteiger partial charge in [-0.05, 0) is 30.5 Å². The highest BCUT2D eigenvalue weighted by Gasteiger charge is 2.11. The van der Waals surface area contributed by atoms with Crippen molar-refractivity contribution in [2.45, 2.75) is 26.7 Å². The molecule has 8 heteroatoms. The zero-order valence-corrected chi connectivity index (χ0v) is 15.9. The Bertz CT molecular complexity index is 592. The third kappa shape index (κ3) is 10.4. The van der Waals surface area contributed by atoms with Crippen molar-refractivity contribution < 1.29 is 23.9 Å². The Kier molecular flexibility index (Phi) is 9.61. The minimum Gasteiger partial charge on any atom is -0.494 e. The minimum atomic E-state index is -0.667. The smallest absolute Gasteiger partial charge is 0.321 e. The first kappa shape index (κ1) is 21.0. The molecule has 0 saturated carbocycles. The van der Waals surface area contributed by atoms with Crippen LogP contribution in [0.5, 0.6) is 5.75 Å². The maximum atomic E-state index is 11.5. The van der Waals surface area contributed by atoms with E-state index in [1.807, 2.05) is 38.1 Å². The summed E-state index contributed by atoms with van der Waals surface area (Å²) in [5.74, 6) is -0.206. The number of ether oxygens (including phenoxy) is 2. The van der Waals surface area contributed by atoms with Crippen LogP contribution in [0.4, 0.5) is 4.79 Å². The van der Waals surface area contributed by atoms with Gasteiger partial charge in [-0.3, -0.25) is 14.9 Å². The Labute approximate surface area is 155 Å². The first-order valence-corrected chi connectivity index (χ1v) is 8.77. The third-order valence-corrected chi connectivity index (χ3v) is 3.37. The van der Waals surface area contributed by atoms with Crippen LogP contribution >= 0.6 is 15.9 Å². The summed E-state index contributed by atoms with van der Waals surface area (Å²) in [6, 6.07) is 6.78. The molecule has 0 fully saturated rings. The molecule has 138 valence electrons. The molecule has 0 aliphatic carbocycles. The van der Waals surface area contributed by atoms with E-state index in [1.165, 1.54) is 0 Å². The Morgan fingerprint density at radius 3 is 2.68 bits per heavy atom. The number of halogens is 1. The summed E-state index contributed by atoms with van der Waals surface area (Å²) >= 11 is 3.34. The first-order chi connectivity index (χ1) is 11.9. The molecular weight excluding hydrogens is 392 g/mol. The monoisotopic (exact) mass is 414 g/mol. The van der Waals surface area contributed by atoms with Crippen molar-refractivity contribution in [1.29, 1.82) is 0 Å². The van der Waals surface area contributed by atoms with E-state index in [4.69, 9.17) is 9.47 Å². The summed E-state index contributed by atoms with van der Waals surface area (Å²) in [4.78, 5) is 34.4. The molecule has 0 heterocycles. The molecule has 0 spiro atoms. The molecule has 25 heavy (non-hydrogen) atoms. The van der Waals surface area contributed by atoms with Crippen LogP contribution in [0.2, 0.25) is 0 Å². The molecule has 0 saturated heterocycles.